The Bertz CT molecular complexity index is 504. The molecule has 20 heavy (non-hydrogen) atoms. The van der Waals surface area contributed by atoms with Crippen molar-refractivity contribution in [1.82, 2.24) is 4.90 Å². The third-order valence-electron chi connectivity index (χ3n) is 2.91. The zero-order valence-electron chi connectivity index (χ0n) is 12.0. The Balaban J connectivity index is 2.92. The number of benzene rings is 1. The van der Waals surface area contributed by atoms with Crippen LogP contribution in [0.5, 0.6) is 5.75 Å². The third-order valence-corrected chi connectivity index (χ3v) is 2.91. The van der Waals surface area contributed by atoms with Crippen molar-refractivity contribution in [3.63, 3.8) is 0 Å². The van der Waals surface area contributed by atoms with Gasteiger partial charge in [-0.2, -0.15) is 0 Å². The van der Waals surface area contributed by atoms with Gasteiger partial charge in [0.2, 0.25) is 0 Å². The van der Waals surface area contributed by atoms with Crippen LogP contribution >= 0.6 is 0 Å². The number of halogens is 1. The van der Waals surface area contributed by atoms with Crippen molar-refractivity contribution in [2.45, 2.75) is 6.92 Å². The molecule has 1 unspecified atom stereocenters. The highest BCUT2D eigenvalue weighted by molar-refractivity contribution is 5.97. The fourth-order valence-electron chi connectivity index (χ4n) is 1.84. The van der Waals surface area contributed by atoms with E-state index < -0.39 is 23.6 Å². The van der Waals surface area contributed by atoms with Crippen LogP contribution in [0.3, 0.4) is 0 Å². The maximum atomic E-state index is 13.8. The zero-order valence-corrected chi connectivity index (χ0v) is 12.0. The lowest BCUT2D eigenvalue weighted by Gasteiger charge is -2.21. The number of nitrogens with zero attached hydrogens (tertiary/aromatic N) is 1. The maximum absolute atomic E-state index is 13.8. The van der Waals surface area contributed by atoms with Crippen molar-refractivity contribution in [3.8, 4) is 5.75 Å². The Morgan fingerprint density at radius 1 is 1.35 bits per heavy atom. The highest BCUT2D eigenvalue weighted by atomic mass is 19.1. The summed E-state index contributed by atoms with van der Waals surface area (Å²) in [5.74, 6) is -1.97. The largest absolute Gasteiger partial charge is 0.496 e. The summed E-state index contributed by atoms with van der Waals surface area (Å²) in [6, 6.07) is 4.16. The summed E-state index contributed by atoms with van der Waals surface area (Å²) in [7, 11) is 4.14. The van der Waals surface area contributed by atoms with E-state index in [1.54, 1.807) is 6.92 Å². The summed E-state index contributed by atoms with van der Waals surface area (Å²) < 4.78 is 23.4. The van der Waals surface area contributed by atoms with Crippen LogP contribution in [-0.4, -0.2) is 44.6 Å². The number of ether oxygens (including phenoxy) is 2. The summed E-state index contributed by atoms with van der Waals surface area (Å²) in [5.41, 5.74) is -0.144. The molecule has 0 saturated heterocycles. The molecule has 110 valence electrons. The molecule has 0 bridgehead atoms. The molecule has 1 amide bonds. The number of rotatable bonds is 5. The number of hydrogen-bond donors (Lipinski definition) is 0. The Hall–Kier alpha value is -2.11. The van der Waals surface area contributed by atoms with Crippen molar-refractivity contribution >= 4 is 11.9 Å². The van der Waals surface area contributed by atoms with Gasteiger partial charge in [0.25, 0.3) is 5.91 Å². The average Bonchev–Trinajstić information content (AvgIpc) is 2.44. The normalized spacial score (nSPS) is 11.7. The van der Waals surface area contributed by atoms with Crippen molar-refractivity contribution in [3.05, 3.63) is 29.6 Å². The highest BCUT2D eigenvalue weighted by Gasteiger charge is 2.24. The van der Waals surface area contributed by atoms with Crippen LogP contribution in [-0.2, 0) is 9.53 Å². The molecule has 1 aromatic carbocycles. The van der Waals surface area contributed by atoms with Gasteiger partial charge in [0.05, 0.1) is 20.1 Å². The second kappa shape index (κ2) is 6.88. The lowest BCUT2D eigenvalue weighted by Crippen LogP contribution is -2.34. The third kappa shape index (κ3) is 3.46. The van der Waals surface area contributed by atoms with Gasteiger partial charge in [0, 0.05) is 13.6 Å². The number of hydrogen-bond acceptors (Lipinski definition) is 4. The van der Waals surface area contributed by atoms with Gasteiger partial charge in [-0.25, -0.2) is 4.39 Å². The van der Waals surface area contributed by atoms with Crippen molar-refractivity contribution in [1.29, 1.82) is 0 Å². The van der Waals surface area contributed by atoms with Crippen LogP contribution in [0.15, 0.2) is 18.2 Å². The highest BCUT2D eigenvalue weighted by Crippen LogP contribution is 2.22. The van der Waals surface area contributed by atoms with Gasteiger partial charge in [0.1, 0.15) is 17.1 Å². The topological polar surface area (TPSA) is 55.8 Å². The minimum atomic E-state index is -0.660. The Morgan fingerprint density at radius 2 is 2.00 bits per heavy atom. The molecule has 0 saturated carbocycles. The average molecular weight is 283 g/mol. The van der Waals surface area contributed by atoms with E-state index in [0.29, 0.717) is 0 Å². The molecule has 1 atom stereocenters. The molecule has 6 heteroatoms. The zero-order chi connectivity index (χ0) is 15.3. The van der Waals surface area contributed by atoms with Gasteiger partial charge < -0.3 is 14.4 Å². The van der Waals surface area contributed by atoms with E-state index in [1.165, 1.54) is 44.4 Å². The van der Waals surface area contributed by atoms with Crippen molar-refractivity contribution < 1.29 is 23.5 Å². The van der Waals surface area contributed by atoms with E-state index in [9.17, 15) is 14.0 Å². The Morgan fingerprint density at radius 3 is 2.55 bits per heavy atom. The van der Waals surface area contributed by atoms with Crippen LogP contribution in [0.25, 0.3) is 0 Å². The minimum Gasteiger partial charge on any atom is -0.496 e. The standard InChI is InChI=1S/C14H18FNO4/c1-9(14(18)20-4)8-16(2)13(17)12-10(15)6-5-7-11(12)19-3/h5-7,9H,8H2,1-4H3. The van der Waals surface area contributed by atoms with Crippen LogP contribution in [0.4, 0.5) is 4.39 Å². The smallest absolute Gasteiger partial charge is 0.310 e. The fraction of sp³-hybridized carbons (Fsp3) is 0.429. The van der Waals surface area contributed by atoms with Gasteiger partial charge in [-0.05, 0) is 12.1 Å². The first-order valence-electron chi connectivity index (χ1n) is 6.08. The number of methoxy groups -OCH3 is 2. The van der Waals surface area contributed by atoms with Gasteiger partial charge in [-0.1, -0.05) is 13.0 Å². The quantitative estimate of drug-likeness (QED) is 0.772. The molecular weight excluding hydrogens is 265 g/mol. The second-order valence-corrected chi connectivity index (χ2v) is 4.43. The molecule has 0 aliphatic carbocycles. The summed E-state index contributed by atoms with van der Waals surface area (Å²) in [6.07, 6.45) is 0. The molecule has 0 heterocycles. The van der Waals surface area contributed by atoms with E-state index >= 15 is 0 Å². The summed E-state index contributed by atoms with van der Waals surface area (Å²) in [4.78, 5) is 24.8. The molecule has 1 rings (SSSR count). The maximum Gasteiger partial charge on any atom is 0.310 e. The van der Waals surface area contributed by atoms with E-state index in [4.69, 9.17) is 4.74 Å². The summed E-state index contributed by atoms with van der Waals surface area (Å²) >= 11 is 0. The van der Waals surface area contributed by atoms with Crippen LogP contribution in [0.1, 0.15) is 17.3 Å². The predicted molar refractivity (Wildman–Crippen MR) is 71.1 cm³/mol. The molecule has 0 aliphatic heterocycles. The first-order valence-corrected chi connectivity index (χ1v) is 6.08. The van der Waals surface area contributed by atoms with Crippen LogP contribution in [0, 0.1) is 11.7 Å². The SMILES string of the molecule is COC(=O)C(C)CN(C)C(=O)c1c(F)cccc1OC. The molecule has 0 radical (unpaired) electrons. The monoisotopic (exact) mass is 283 g/mol. The second-order valence-electron chi connectivity index (χ2n) is 4.43. The first kappa shape index (κ1) is 15.9. The number of carbonyl (C=O) groups excluding carboxylic acids is 2. The molecule has 0 spiro atoms. The van der Waals surface area contributed by atoms with Crippen LogP contribution < -0.4 is 4.74 Å². The molecular formula is C14H18FNO4. The number of amides is 1. The lowest BCUT2D eigenvalue weighted by molar-refractivity contribution is -0.145. The number of carbonyl (C=O) groups is 2. The van der Waals surface area contributed by atoms with Gasteiger partial charge in [-0.3, -0.25) is 9.59 Å². The van der Waals surface area contributed by atoms with Gasteiger partial charge in [-0.15, -0.1) is 0 Å². The molecule has 5 nitrogen and oxygen atoms in total. The van der Waals surface area contributed by atoms with Crippen molar-refractivity contribution in [2.24, 2.45) is 5.92 Å². The summed E-state index contributed by atoms with van der Waals surface area (Å²) in [5, 5.41) is 0. The molecule has 1 aromatic rings. The fourth-order valence-corrected chi connectivity index (χ4v) is 1.84. The Kier molecular flexibility index (Phi) is 5.49. The van der Waals surface area contributed by atoms with Crippen molar-refractivity contribution in [2.75, 3.05) is 27.8 Å². The number of esters is 1. The predicted octanol–water partition coefficient (Wildman–Crippen LogP) is 1.72. The van der Waals surface area contributed by atoms with Gasteiger partial charge >= 0.3 is 5.97 Å². The molecule has 0 fully saturated rings. The molecule has 0 aromatic heterocycles. The lowest BCUT2D eigenvalue weighted by atomic mass is 10.1. The summed E-state index contributed by atoms with van der Waals surface area (Å²) in [6.45, 7) is 1.76. The molecule has 0 N–H and O–H groups in total. The Labute approximate surface area is 117 Å². The van der Waals surface area contributed by atoms with E-state index in [0.717, 1.165) is 0 Å². The van der Waals surface area contributed by atoms with Gasteiger partial charge in [0.15, 0.2) is 0 Å². The first-order chi connectivity index (χ1) is 9.42. The van der Waals surface area contributed by atoms with E-state index in [-0.39, 0.29) is 17.9 Å². The minimum absolute atomic E-state index is 0.128. The molecule has 0 aliphatic rings. The van der Waals surface area contributed by atoms with E-state index in [2.05, 4.69) is 4.74 Å². The van der Waals surface area contributed by atoms with E-state index in [1.807, 2.05) is 0 Å². The van der Waals surface area contributed by atoms with Crippen LogP contribution in [0.2, 0.25) is 0 Å².